The van der Waals surface area contributed by atoms with Crippen molar-refractivity contribution in [1.82, 2.24) is 25.7 Å². The first-order valence-electron chi connectivity index (χ1n) is 9.96. The molecule has 1 saturated heterocycles. The Balaban J connectivity index is 1.49. The number of halogens is 1. The second-order valence-electron chi connectivity index (χ2n) is 7.09. The van der Waals surface area contributed by atoms with Crippen LogP contribution in [0.25, 0.3) is 0 Å². The van der Waals surface area contributed by atoms with Gasteiger partial charge in [0.25, 0.3) is 0 Å². The minimum atomic E-state index is -0.315. The van der Waals surface area contributed by atoms with Crippen molar-refractivity contribution in [2.45, 2.75) is 45.8 Å². The van der Waals surface area contributed by atoms with E-state index in [1.807, 2.05) is 13.0 Å². The number of aryl methyl sites for hydroxylation is 1. The van der Waals surface area contributed by atoms with Crippen molar-refractivity contribution in [3.8, 4) is 5.75 Å². The molecule has 0 atom stereocenters. The fourth-order valence-corrected chi connectivity index (χ4v) is 3.37. The standard InChI is InChI=1S/C20H29FN6O2/c1-4-22-20(23-12-19-24-14(2)29-26-19)25-16-7-9-27(10-8-16)13-15-5-6-18(28-3)17(21)11-15/h5-6,11,16H,4,7-10,12-13H2,1-3H3,(H2,22,23,25). The van der Waals surface area contributed by atoms with Gasteiger partial charge in [0.2, 0.25) is 5.89 Å². The van der Waals surface area contributed by atoms with E-state index in [-0.39, 0.29) is 11.6 Å². The van der Waals surface area contributed by atoms with E-state index < -0.39 is 0 Å². The maximum Gasteiger partial charge on any atom is 0.223 e. The van der Waals surface area contributed by atoms with Crippen molar-refractivity contribution >= 4 is 5.96 Å². The molecular weight excluding hydrogens is 375 g/mol. The fourth-order valence-electron chi connectivity index (χ4n) is 3.37. The summed E-state index contributed by atoms with van der Waals surface area (Å²) in [6.07, 6.45) is 1.98. The summed E-state index contributed by atoms with van der Waals surface area (Å²) in [6.45, 7) is 7.56. The maximum absolute atomic E-state index is 13.9. The molecular formula is C20H29FN6O2. The predicted molar refractivity (Wildman–Crippen MR) is 108 cm³/mol. The summed E-state index contributed by atoms with van der Waals surface area (Å²) < 4.78 is 23.9. The highest BCUT2D eigenvalue weighted by atomic mass is 19.1. The van der Waals surface area contributed by atoms with Gasteiger partial charge in [-0.2, -0.15) is 4.98 Å². The number of hydrogen-bond acceptors (Lipinski definition) is 6. The highest BCUT2D eigenvalue weighted by molar-refractivity contribution is 5.80. The van der Waals surface area contributed by atoms with Gasteiger partial charge >= 0.3 is 0 Å². The minimum Gasteiger partial charge on any atom is -0.494 e. The van der Waals surface area contributed by atoms with Crippen LogP contribution in [-0.4, -0.2) is 53.8 Å². The van der Waals surface area contributed by atoms with Gasteiger partial charge in [-0.05, 0) is 37.5 Å². The Morgan fingerprint density at radius 2 is 2.17 bits per heavy atom. The zero-order chi connectivity index (χ0) is 20.6. The lowest BCUT2D eigenvalue weighted by Crippen LogP contribution is -2.48. The SMILES string of the molecule is CCNC(=NCc1noc(C)n1)NC1CCN(Cc2ccc(OC)c(F)c2)CC1. The fraction of sp³-hybridized carbons (Fsp3) is 0.550. The second kappa shape index (κ2) is 10.2. The monoisotopic (exact) mass is 404 g/mol. The number of nitrogens with one attached hydrogen (secondary N) is 2. The molecule has 0 bridgehead atoms. The zero-order valence-corrected chi connectivity index (χ0v) is 17.2. The Kier molecular flexibility index (Phi) is 7.40. The summed E-state index contributed by atoms with van der Waals surface area (Å²) in [6, 6.07) is 5.49. The number of benzene rings is 1. The van der Waals surface area contributed by atoms with Gasteiger partial charge in [-0.15, -0.1) is 0 Å². The number of nitrogens with zero attached hydrogens (tertiary/aromatic N) is 4. The Labute approximate surface area is 170 Å². The average Bonchev–Trinajstić information content (AvgIpc) is 3.13. The number of aromatic nitrogens is 2. The molecule has 1 fully saturated rings. The molecule has 29 heavy (non-hydrogen) atoms. The number of piperidine rings is 1. The number of aliphatic imine (C=N–C) groups is 1. The smallest absolute Gasteiger partial charge is 0.223 e. The van der Waals surface area contributed by atoms with Crippen LogP contribution in [0.2, 0.25) is 0 Å². The van der Waals surface area contributed by atoms with E-state index in [0.717, 1.165) is 50.5 Å². The third-order valence-corrected chi connectivity index (χ3v) is 4.84. The lowest BCUT2D eigenvalue weighted by Gasteiger charge is -2.33. The largest absolute Gasteiger partial charge is 0.494 e. The van der Waals surface area contributed by atoms with Crippen molar-refractivity contribution in [3.05, 3.63) is 41.3 Å². The van der Waals surface area contributed by atoms with E-state index in [1.165, 1.54) is 7.11 Å². The van der Waals surface area contributed by atoms with Crippen LogP contribution < -0.4 is 15.4 Å². The molecule has 0 amide bonds. The van der Waals surface area contributed by atoms with E-state index >= 15 is 0 Å². The molecule has 158 valence electrons. The summed E-state index contributed by atoms with van der Waals surface area (Å²) in [5.41, 5.74) is 0.958. The van der Waals surface area contributed by atoms with Gasteiger partial charge in [0.1, 0.15) is 6.54 Å². The van der Waals surface area contributed by atoms with Gasteiger partial charge in [-0.1, -0.05) is 11.2 Å². The van der Waals surface area contributed by atoms with E-state index in [9.17, 15) is 4.39 Å². The molecule has 3 rings (SSSR count). The zero-order valence-electron chi connectivity index (χ0n) is 17.2. The Hall–Kier alpha value is -2.68. The third kappa shape index (κ3) is 6.15. The second-order valence-corrected chi connectivity index (χ2v) is 7.09. The summed E-state index contributed by atoms with van der Waals surface area (Å²) in [7, 11) is 1.48. The first kappa shape index (κ1) is 21.0. The lowest BCUT2D eigenvalue weighted by atomic mass is 10.0. The van der Waals surface area contributed by atoms with E-state index in [0.29, 0.717) is 24.3 Å². The van der Waals surface area contributed by atoms with Crippen molar-refractivity contribution < 1.29 is 13.7 Å². The van der Waals surface area contributed by atoms with Gasteiger partial charge in [0, 0.05) is 39.1 Å². The van der Waals surface area contributed by atoms with Crippen molar-refractivity contribution in [1.29, 1.82) is 0 Å². The molecule has 9 heteroatoms. The molecule has 2 aromatic rings. The van der Waals surface area contributed by atoms with Gasteiger partial charge in [-0.3, -0.25) is 4.90 Å². The van der Waals surface area contributed by atoms with Crippen LogP contribution in [0.4, 0.5) is 4.39 Å². The molecule has 1 aromatic heterocycles. The summed E-state index contributed by atoms with van der Waals surface area (Å²) in [4.78, 5) is 11.1. The van der Waals surface area contributed by atoms with Crippen LogP contribution in [0.3, 0.4) is 0 Å². The topological polar surface area (TPSA) is 87.8 Å². The van der Waals surface area contributed by atoms with Crippen molar-refractivity contribution in [2.75, 3.05) is 26.7 Å². The number of guanidine groups is 1. The summed E-state index contributed by atoms with van der Waals surface area (Å²) >= 11 is 0. The highest BCUT2D eigenvalue weighted by Crippen LogP contribution is 2.20. The van der Waals surface area contributed by atoms with Gasteiger partial charge < -0.3 is 19.9 Å². The number of methoxy groups -OCH3 is 1. The van der Waals surface area contributed by atoms with Gasteiger partial charge in [-0.25, -0.2) is 9.38 Å². The summed E-state index contributed by atoms with van der Waals surface area (Å²) in [5, 5.41) is 10.6. The predicted octanol–water partition coefficient (Wildman–Crippen LogP) is 2.25. The van der Waals surface area contributed by atoms with Gasteiger partial charge in [0.15, 0.2) is 23.4 Å². The van der Waals surface area contributed by atoms with E-state index in [1.54, 1.807) is 19.1 Å². The lowest BCUT2D eigenvalue weighted by molar-refractivity contribution is 0.198. The molecule has 1 aromatic carbocycles. The maximum atomic E-state index is 13.9. The first-order chi connectivity index (χ1) is 14.1. The Morgan fingerprint density at radius 1 is 1.38 bits per heavy atom. The summed E-state index contributed by atoms with van der Waals surface area (Å²) in [5.74, 6) is 1.83. The van der Waals surface area contributed by atoms with Crippen LogP contribution in [0.15, 0.2) is 27.7 Å². The number of likely N-dealkylation sites (tertiary alicyclic amines) is 1. The number of ether oxygens (including phenoxy) is 1. The van der Waals surface area contributed by atoms with Crippen LogP contribution in [0.1, 0.15) is 37.0 Å². The normalized spacial score (nSPS) is 16.1. The molecule has 0 spiro atoms. The quantitative estimate of drug-likeness (QED) is 0.540. The van der Waals surface area contributed by atoms with E-state index in [2.05, 4.69) is 30.7 Å². The molecule has 0 radical (unpaired) electrons. The number of rotatable bonds is 7. The van der Waals surface area contributed by atoms with Crippen molar-refractivity contribution in [2.24, 2.45) is 4.99 Å². The molecule has 2 heterocycles. The number of hydrogen-bond donors (Lipinski definition) is 2. The first-order valence-corrected chi connectivity index (χ1v) is 9.96. The highest BCUT2D eigenvalue weighted by Gasteiger charge is 2.20. The Bertz CT molecular complexity index is 817. The molecule has 0 unspecified atom stereocenters. The molecule has 0 saturated carbocycles. The molecule has 1 aliphatic heterocycles. The Morgan fingerprint density at radius 3 is 2.79 bits per heavy atom. The van der Waals surface area contributed by atoms with Crippen LogP contribution >= 0.6 is 0 Å². The molecule has 1 aliphatic rings. The van der Waals surface area contributed by atoms with Crippen LogP contribution in [-0.2, 0) is 13.1 Å². The molecule has 8 nitrogen and oxygen atoms in total. The van der Waals surface area contributed by atoms with E-state index in [4.69, 9.17) is 9.26 Å². The third-order valence-electron chi connectivity index (χ3n) is 4.84. The van der Waals surface area contributed by atoms with Gasteiger partial charge in [0.05, 0.1) is 7.11 Å². The average molecular weight is 404 g/mol. The molecule has 2 N–H and O–H groups in total. The van der Waals surface area contributed by atoms with Crippen molar-refractivity contribution in [3.63, 3.8) is 0 Å². The van der Waals surface area contributed by atoms with Crippen LogP contribution in [0.5, 0.6) is 5.75 Å². The minimum absolute atomic E-state index is 0.280. The van der Waals surface area contributed by atoms with Crippen LogP contribution in [0, 0.1) is 12.7 Å². The molecule has 0 aliphatic carbocycles.